The molecule has 0 aromatic heterocycles. The first-order valence-electron chi connectivity index (χ1n) is 9.12. The molecule has 0 aliphatic carbocycles. The molecule has 2 rings (SSSR count). The molecule has 0 amide bonds. The minimum absolute atomic E-state index is 0. The van der Waals surface area contributed by atoms with E-state index in [2.05, 4.69) is 17.2 Å². The normalized spacial score (nSPS) is 10.8. The predicted molar refractivity (Wildman–Crippen MR) is 124 cm³/mol. The highest BCUT2D eigenvalue weighted by Crippen LogP contribution is 2.27. The number of rotatable bonds is 10. The molecule has 0 aliphatic heterocycles. The number of methoxy groups -OCH3 is 2. The van der Waals surface area contributed by atoms with Crippen molar-refractivity contribution < 1.29 is 14.2 Å². The van der Waals surface area contributed by atoms with Gasteiger partial charge in [0.05, 0.1) is 27.4 Å². The van der Waals surface area contributed by atoms with Crippen LogP contribution in [0.4, 0.5) is 0 Å². The average Bonchev–Trinajstić information content (AvgIpc) is 2.71. The van der Waals surface area contributed by atoms with Crippen LogP contribution >= 0.6 is 24.0 Å². The molecule has 3 N–H and O–H groups in total. The van der Waals surface area contributed by atoms with Crippen molar-refractivity contribution in [2.75, 3.05) is 27.4 Å². The molecule has 0 fully saturated rings. The zero-order valence-corrected chi connectivity index (χ0v) is 19.1. The summed E-state index contributed by atoms with van der Waals surface area (Å²) in [5.74, 6) is 2.74. The van der Waals surface area contributed by atoms with Gasteiger partial charge in [0.25, 0.3) is 0 Å². The van der Waals surface area contributed by atoms with E-state index in [0.717, 1.165) is 41.2 Å². The van der Waals surface area contributed by atoms with Crippen molar-refractivity contribution in [2.45, 2.75) is 26.3 Å². The average molecular weight is 499 g/mol. The van der Waals surface area contributed by atoms with Crippen LogP contribution in [-0.4, -0.2) is 33.3 Å². The van der Waals surface area contributed by atoms with Gasteiger partial charge in [-0.05, 0) is 48.2 Å². The fraction of sp³-hybridized carbons (Fsp3) is 0.381. The molecule has 0 aliphatic rings. The second-order valence-corrected chi connectivity index (χ2v) is 6.06. The van der Waals surface area contributed by atoms with Crippen LogP contribution in [0.2, 0.25) is 0 Å². The topological polar surface area (TPSA) is 78.1 Å². The summed E-state index contributed by atoms with van der Waals surface area (Å²) >= 11 is 0. The van der Waals surface area contributed by atoms with Gasteiger partial charge >= 0.3 is 0 Å². The first-order chi connectivity index (χ1) is 13.2. The van der Waals surface area contributed by atoms with Gasteiger partial charge in [0.2, 0.25) is 0 Å². The van der Waals surface area contributed by atoms with E-state index >= 15 is 0 Å². The summed E-state index contributed by atoms with van der Waals surface area (Å²) in [4.78, 5) is 4.39. The third kappa shape index (κ3) is 7.84. The maximum Gasteiger partial charge on any atom is 0.188 e. The van der Waals surface area contributed by atoms with Crippen LogP contribution in [0.15, 0.2) is 47.5 Å². The number of nitrogens with two attached hydrogens (primary N) is 1. The number of hydrogen-bond acceptors (Lipinski definition) is 4. The molecule has 0 radical (unpaired) electrons. The highest BCUT2D eigenvalue weighted by atomic mass is 127. The zero-order valence-electron chi connectivity index (χ0n) is 16.7. The van der Waals surface area contributed by atoms with Crippen molar-refractivity contribution in [3.8, 4) is 17.2 Å². The van der Waals surface area contributed by atoms with Gasteiger partial charge in [-0.2, -0.15) is 0 Å². The van der Waals surface area contributed by atoms with E-state index in [1.807, 2.05) is 42.5 Å². The fourth-order valence-corrected chi connectivity index (χ4v) is 2.56. The first kappa shape index (κ1) is 23.9. The number of nitrogens with one attached hydrogen (secondary N) is 1. The fourth-order valence-electron chi connectivity index (χ4n) is 2.56. The van der Waals surface area contributed by atoms with Crippen molar-refractivity contribution in [3.05, 3.63) is 53.6 Å². The van der Waals surface area contributed by atoms with E-state index in [4.69, 9.17) is 19.9 Å². The minimum atomic E-state index is 0. The molecule has 0 heterocycles. The second kappa shape index (κ2) is 13.1. The molecule has 0 atom stereocenters. The molecule has 2 aromatic rings. The Morgan fingerprint density at radius 3 is 2.54 bits per heavy atom. The highest BCUT2D eigenvalue weighted by Gasteiger charge is 2.04. The van der Waals surface area contributed by atoms with Gasteiger partial charge in [-0.15, -0.1) is 24.0 Å². The predicted octanol–water partition coefficient (Wildman–Crippen LogP) is 3.76. The summed E-state index contributed by atoms with van der Waals surface area (Å²) in [5, 5.41) is 3.14. The van der Waals surface area contributed by atoms with E-state index < -0.39 is 0 Å². The Hall–Kier alpha value is -2.16. The second-order valence-electron chi connectivity index (χ2n) is 6.06. The van der Waals surface area contributed by atoms with Crippen LogP contribution in [0.5, 0.6) is 17.2 Å². The van der Waals surface area contributed by atoms with Crippen LogP contribution in [0.1, 0.15) is 24.5 Å². The lowest BCUT2D eigenvalue weighted by Gasteiger charge is -2.10. The Morgan fingerprint density at radius 1 is 1.04 bits per heavy atom. The molecule has 7 heteroatoms. The van der Waals surface area contributed by atoms with Crippen LogP contribution in [0.3, 0.4) is 0 Å². The molecule has 28 heavy (non-hydrogen) atoms. The molecule has 6 nitrogen and oxygen atoms in total. The number of nitrogens with zero attached hydrogens (tertiary/aromatic N) is 1. The Kier molecular flexibility index (Phi) is 11.2. The van der Waals surface area contributed by atoms with Gasteiger partial charge in [0.15, 0.2) is 17.5 Å². The van der Waals surface area contributed by atoms with Gasteiger partial charge in [-0.25, -0.2) is 4.99 Å². The van der Waals surface area contributed by atoms with Crippen LogP contribution < -0.4 is 25.3 Å². The van der Waals surface area contributed by atoms with Crippen molar-refractivity contribution >= 4 is 29.9 Å². The van der Waals surface area contributed by atoms with E-state index in [9.17, 15) is 0 Å². The van der Waals surface area contributed by atoms with Crippen molar-refractivity contribution in [3.63, 3.8) is 0 Å². The molecule has 154 valence electrons. The molecule has 0 unspecified atom stereocenters. The molecule has 0 saturated carbocycles. The third-order valence-corrected chi connectivity index (χ3v) is 3.97. The Bertz CT molecular complexity index is 753. The smallest absolute Gasteiger partial charge is 0.188 e. The molecular formula is C21H30IN3O3. The van der Waals surface area contributed by atoms with E-state index in [-0.39, 0.29) is 24.0 Å². The molecule has 0 spiro atoms. The van der Waals surface area contributed by atoms with Crippen LogP contribution in [0.25, 0.3) is 0 Å². The van der Waals surface area contributed by atoms with Gasteiger partial charge in [0.1, 0.15) is 5.75 Å². The summed E-state index contributed by atoms with van der Waals surface area (Å²) in [7, 11) is 3.26. The summed E-state index contributed by atoms with van der Waals surface area (Å²) in [5.41, 5.74) is 8.16. The minimum Gasteiger partial charge on any atom is -0.494 e. The SMILES string of the molecule is CCCOc1cccc(CN=C(N)NCCc2ccc(OC)c(OC)c2)c1.I. The van der Waals surface area contributed by atoms with Crippen LogP contribution in [-0.2, 0) is 13.0 Å². The van der Waals surface area contributed by atoms with Crippen molar-refractivity contribution in [2.24, 2.45) is 10.7 Å². The largest absolute Gasteiger partial charge is 0.494 e. The molecule has 2 aromatic carbocycles. The van der Waals surface area contributed by atoms with Crippen molar-refractivity contribution in [1.29, 1.82) is 0 Å². The number of benzene rings is 2. The zero-order chi connectivity index (χ0) is 19.5. The van der Waals surface area contributed by atoms with Gasteiger partial charge in [0, 0.05) is 6.54 Å². The van der Waals surface area contributed by atoms with Gasteiger partial charge in [-0.1, -0.05) is 25.1 Å². The monoisotopic (exact) mass is 499 g/mol. The van der Waals surface area contributed by atoms with E-state index in [1.165, 1.54) is 0 Å². The third-order valence-electron chi connectivity index (χ3n) is 3.97. The summed E-state index contributed by atoms with van der Waals surface area (Å²) < 4.78 is 16.2. The van der Waals surface area contributed by atoms with Crippen molar-refractivity contribution in [1.82, 2.24) is 5.32 Å². The molecule has 0 bridgehead atoms. The number of guanidine groups is 1. The number of hydrogen-bond donors (Lipinski definition) is 2. The number of ether oxygens (including phenoxy) is 3. The summed E-state index contributed by atoms with van der Waals surface area (Å²) in [6.07, 6.45) is 1.79. The van der Waals surface area contributed by atoms with Gasteiger partial charge < -0.3 is 25.3 Å². The maximum absolute atomic E-state index is 5.97. The van der Waals surface area contributed by atoms with E-state index in [0.29, 0.717) is 25.7 Å². The highest BCUT2D eigenvalue weighted by molar-refractivity contribution is 14.0. The number of aliphatic imine (C=N–C) groups is 1. The lowest BCUT2D eigenvalue weighted by molar-refractivity contribution is 0.317. The maximum atomic E-state index is 5.97. The Labute approximate surface area is 184 Å². The quantitative estimate of drug-likeness (QED) is 0.296. The standard InChI is InChI=1S/C21H29N3O3.HI/c1-4-12-27-18-7-5-6-17(13-18)15-24-21(22)23-11-10-16-8-9-19(25-2)20(14-16)26-3;/h5-9,13-14H,4,10-12,15H2,1-3H3,(H3,22,23,24);1H. The summed E-state index contributed by atoms with van der Waals surface area (Å²) in [6, 6.07) is 13.8. The van der Waals surface area contributed by atoms with Crippen LogP contribution in [0, 0.1) is 0 Å². The number of halogens is 1. The lowest BCUT2D eigenvalue weighted by Crippen LogP contribution is -2.33. The van der Waals surface area contributed by atoms with Gasteiger partial charge in [-0.3, -0.25) is 0 Å². The molecular weight excluding hydrogens is 469 g/mol. The Morgan fingerprint density at radius 2 is 1.82 bits per heavy atom. The Balaban J connectivity index is 0.00000392. The van der Waals surface area contributed by atoms with E-state index in [1.54, 1.807) is 14.2 Å². The lowest BCUT2D eigenvalue weighted by atomic mass is 10.1. The first-order valence-corrected chi connectivity index (χ1v) is 9.12. The summed E-state index contributed by atoms with van der Waals surface area (Å²) in [6.45, 7) is 4.00. The molecule has 0 saturated heterocycles.